The lowest BCUT2D eigenvalue weighted by atomic mass is 10.2. The average molecular weight is 850 g/mol. The predicted octanol–water partition coefficient (Wildman–Crippen LogP) is 8.46. The number of anilines is 6. The first-order chi connectivity index (χ1) is 27.7. The number of aromatic nitrogens is 3. The number of nitrogens with one attached hydrogen (secondary N) is 2. The fourth-order valence-electron chi connectivity index (χ4n) is 5.50. The molecule has 0 amide bonds. The van der Waals surface area contributed by atoms with E-state index >= 15 is 0 Å². The van der Waals surface area contributed by atoms with Crippen LogP contribution in [0.25, 0.3) is 0 Å². The minimum atomic E-state index is -4.37. The third kappa shape index (κ3) is 11.7. The number of rotatable bonds is 19. The van der Waals surface area contributed by atoms with Crippen LogP contribution in [0.1, 0.15) is 27.7 Å². The highest BCUT2D eigenvalue weighted by Crippen LogP contribution is 2.36. The summed E-state index contributed by atoms with van der Waals surface area (Å²) < 4.78 is 64.7. The van der Waals surface area contributed by atoms with Gasteiger partial charge in [0.25, 0.3) is 20.2 Å². The van der Waals surface area contributed by atoms with Gasteiger partial charge < -0.3 is 25.5 Å². The molecule has 5 N–H and O–H groups in total. The van der Waals surface area contributed by atoms with Crippen LogP contribution in [0.15, 0.2) is 120 Å². The lowest BCUT2D eigenvalue weighted by Gasteiger charge is -2.22. The number of aliphatic hydroxyl groups is 1. The Kier molecular flexibility index (Phi) is 14.8. The van der Waals surface area contributed by atoms with E-state index in [2.05, 4.69) is 50.9 Å². The molecule has 0 bridgehead atoms. The van der Waals surface area contributed by atoms with Crippen LogP contribution in [-0.4, -0.2) is 84.5 Å². The van der Waals surface area contributed by atoms with E-state index in [-0.39, 0.29) is 28.3 Å². The van der Waals surface area contributed by atoms with Crippen molar-refractivity contribution in [2.45, 2.75) is 42.6 Å². The van der Waals surface area contributed by atoms with Crippen molar-refractivity contribution in [2.75, 3.05) is 59.0 Å². The molecule has 1 aromatic heterocycles. The molecule has 0 spiro atoms. The van der Waals surface area contributed by atoms with Crippen molar-refractivity contribution in [3.05, 3.63) is 84.9 Å². The van der Waals surface area contributed by atoms with Gasteiger partial charge >= 0.3 is 0 Å². The normalized spacial score (nSPS) is 12.0. The maximum absolute atomic E-state index is 11.5. The third-order valence-corrected chi connectivity index (χ3v) is 11.0. The molecule has 0 aliphatic heterocycles. The molecule has 0 saturated heterocycles. The summed E-state index contributed by atoms with van der Waals surface area (Å²) in [6.07, 6.45) is 0. The first kappa shape index (κ1) is 43.5. The smallest absolute Gasteiger partial charge is 0.294 e. The summed E-state index contributed by atoms with van der Waals surface area (Å²) in [5, 5.41) is 33.9. The number of hydrogen-bond donors (Lipinski definition) is 5. The number of nitrogens with zero attached hydrogens (tertiary/aromatic N) is 9. The molecule has 18 nitrogen and oxygen atoms in total. The van der Waals surface area contributed by atoms with E-state index in [4.69, 9.17) is 4.98 Å². The molecule has 58 heavy (non-hydrogen) atoms. The number of aliphatic hydroxyl groups excluding tert-OH is 1. The van der Waals surface area contributed by atoms with Crippen molar-refractivity contribution < 1.29 is 31.0 Å². The Labute approximate surface area is 341 Å². The first-order valence-electron chi connectivity index (χ1n) is 18.0. The van der Waals surface area contributed by atoms with Gasteiger partial charge in [-0.25, -0.2) is 0 Å². The van der Waals surface area contributed by atoms with Crippen LogP contribution in [0, 0.1) is 0 Å². The van der Waals surface area contributed by atoms with Gasteiger partial charge in [0, 0.05) is 43.3 Å². The Morgan fingerprint density at radius 2 is 0.983 bits per heavy atom. The number of thioether (sulfide) groups is 1. The van der Waals surface area contributed by atoms with E-state index < -0.39 is 20.2 Å². The molecular formula is C37H43N11O7S3. The van der Waals surface area contributed by atoms with Crippen LogP contribution in [0.4, 0.5) is 57.4 Å². The van der Waals surface area contributed by atoms with Gasteiger partial charge in [0.05, 0.1) is 39.1 Å². The predicted molar refractivity (Wildman–Crippen MR) is 225 cm³/mol. The Hall–Kier alpha value is -5.58. The van der Waals surface area contributed by atoms with Crippen LogP contribution in [0.5, 0.6) is 0 Å². The summed E-state index contributed by atoms with van der Waals surface area (Å²) >= 11 is 1.22. The SMILES string of the molecule is CCN(CC)c1ccc(N=Nc2ccc(S(=O)(=O)O)cc2)c(Nc2nc(Nc3cc(N(CC)CC)ccc3N=Nc3ccc(S(=O)(=O)O)cc3)nc(SCCO)n2)c1. The Morgan fingerprint density at radius 1 is 0.586 bits per heavy atom. The molecule has 0 unspecified atom stereocenters. The van der Waals surface area contributed by atoms with Crippen LogP contribution in [-0.2, 0) is 20.2 Å². The minimum Gasteiger partial charge on any atom is -0.396 e. The van der Waals surface area contributed by atoms with Crippen LogP contribution in [0.2, 0.25) is 0 Å². The molecule has 0 atom stereocenters. The van der Waals surface area contributed by atoms with Gasteiger partial charge in [-0.1, -0.05) is 11.8 Å². The van der Waals surface area contributed by atoms with Crippen molar-refractivity contribution in [3.63, 3.8) is 0 Å². The van der Waals surface area contributed by atoms with Crippen LogP contribution < -0.4 is 20.4 Å². The highest BCUT2D eigenvalue weighted by Gasteiger charge is 2.16. The molecule has 306 valence electrons. The molecule has 0 aliphatic carbocycles. The quantitative estimate of drug-likeness (QED) is 0.0297. The van der Waals surface area contributed by atoms with Crippen LogP contribution in [0.3, 0.4) is 0 Å². The molecule has 5 aromatic rings. The van der Waals surface area contributed by atoms with Gasteiger partial charge in [0.2, 0.25) is 11.9 Å². The van der Waals surface area contributed by atoms with Gasteiger partial charge in [-0.3, -0.25) is 9.11 Å². The zero-order chi connectivity index (χ0) is 41.9. The fourth-order valence-corrected chi connectivity index (χ4v) is 7.03. The summed E-state index contributed by atoms with van der Waals surface area (Å²) in [5.74, 6) is 0.597. The van der Waals surface area contributed by atoms with Gasteiger partial charge in [-0.05, 0) is 113 Å². The largest absolute Gasteiger partial charge is 0.396 e. The Balaban J connectivity index is 1.55. The maximum atomic E-state index is 11.5. The van der Waals surface area contributed by atoms with Crippen molar-refractivity contribution in [1.82, 2.24) is 15.0 Å². The third-order valence-electron chi connectivity index (χ3n) is 8.46. The number of hydrogen-bond acceptors (Lipinski definition) is 17. The molecule has 0 fully saturated rings. The molecule has 0 radical (unpaired) electrons. The zero-order valence-electron chi connectivity index (χ0n) is 32.0. The first-order valence-corrected chi connectivity index (χ1v) is 21.9. The van der Waals surface area contributed by atoms with E-state index in [9.17, 15) is 31.0 Å². The summed E-state index contributed by atoms with van der Waals surface area (Å²) in [6.45, 7) is 11.0. The van der Waals surface area contributed by atoms with Crippen LogP contribution >= 0.6 is 11.8 Å². The number of benzene rings is 4. The highest BCUT2D eigenvalue weighted by molar-refractivity contribution is 7.99. The average Bonchev–Trinajstić information content (AvgIpc) is 3.20. The van der Waals surface area contributed by atoms with Gasteiger partial charge in [-0.15, -0.1) is 10.2 Å². The van der Waals surface area contributed by atoms with Gasteiger partial charge in [0.1, 0.15) is 11.4 Å². The van der Waals surface area contributed by atoms with Crippen molar-refractivity contribution in [2.24, 2.45) is 20.5 Å². The second-order valence-corrected chi connectivity index (χ2v) is 16.1. The minimum absolute atomic E-state index is 0.120. The molecule has 0 aliphatic rings. The van der Waals surface area contributed by atoms with Gasteiger partial charge in [0.15, 0.2) is 5.16 Å². The second kappa shape index (κ2) is 19.7. The molecule has 5 rings (SSSR count). The summed E-state index contributed by atoms with van der Waals surface area (Å²) in [6, 6.07) is 21.7. The van der Waals surface area contributed by atoms with Crippen molar-refractivity contribution in [3.8, 4) is 0 Å². The molecule has 21 heteroatoms. The standard InChI is InChI=1S/C37H43N11O7S3/c1-5-47(6-2)27-13-19-31(45-43-25-9-15-29(16-10-25)57(50,51)52)33(23-27)38-35-40-36(42-37(41-35)56-22-21-49)39-34-24-28(48(7-3)8-4)14-20-32(34)46-44-26-11-17-30(18-12-26)58(53,54)55/h9-20,23-24,49H,5-8,21-22H2,1-4H3,(H,50,51,52)(H,53,54,55)(H2,38,39,40,41,42). The van der Waals surface area contributed by atoms with Crippen molar-refractivity contribution >= 4 is 89.4 Å². The summed E-state index contributed by atoms with van der Waals surface area (Å²) in [7, 11) is -8.75. The molecule has 1 heterocycles. The number of azo groups is 2. The second-order valence-electron chi connectivity index (χ2n) is 12.2. The topological polar surface area (TPSA) is 248 Å². The highest BCUT2D eigenvalue weighted by atomic mass is 32.2. The Bertz CT molecular complexity index is 2300. The van der Waals surface area contributed by atoms with E-state index in [1.54, 1.807) is 12.1 Å². The summed E-state index contributed by atoms with van der Waals surface area (Å²) in [4.78, 5) is 17.7. The van der Waals surface area contributed by atoms with E-state index in [0.717, 1.165) is 37.6 Å². The molecule has 0 saturated carbocycles. The zero-order valence-corrected chi connectivity index (χ0v) is 34.5. The molecular weight excluding hydrogens is 807 g/mol. The van der Waals surface area contributed by atoms with Gasteiger partial charge in [-0.2, -0.15) is 42.0 Å². The lowest BCUT2D eigenvalue weighted by molar-refractivity contribution is 0.322. The van der Waals surface area contributed by atoms with E-state index in [1.807, 2.05) is 52.0 Å². The van der Waals surface area contributed by atoms with Crippen molar-refractivity contribution in [1.29, 1.82) is 0 Å². The maximum Gasteiger partial charge on any atom is 0.294 e. The Morgan fingerprint density at radius 3 is 1.33 bits per heavy atom. The lowest BCUT2D eigenvalue weighted by Crippen LogP contribution is -2.21. The van der Waals surface area contributed by atoms with E-state index in [1.165, 1.54) is 60.3 Å². The van der Waals surface area contributed by atoms with E-state index in [0.29, 0.717) is 45.0 Å². The monoisotopic (exact) mass is 849 g/mol. The fraction of sp³-hybridized carbons (Fsp3) is 0.270. The summed E-state index contributed by atoms with van der Waals surface area (Å²) in [5.41, 5.74) is 4.28. The molecule has 4 aromatic carbocycles.